The Bertz CT molecular complexity index is 1310. The van der Waals surface area contributed by atoms with Gasteiger partial charge in [-0.3, -0.25) is 19.1 Å². The summed E-state index contributed by atoms with van der Waals surface area (Å²) in [6.07, 6.45) is -1.72. The van der Waals surface area contributed by atoms with E-state index in [0.717, 1.165) is 11.3 Å². The van der Waals surface area contributed by atoms with Crippen molar-refractivity contribution >= 4 is 67.8 Å². The van der Waals surface area contributed by atoms with Crippen LogP contribution in [0.1, 0.15) is 25.6 Å². The molecule has 2 amide bonds. The quantitative estimate of drug-likeness (QED) is 0.195. The summed E-state index contributed by atoms with van der Waals surface area (Å²) >= 11 is 3.32. The monoisotopic (exact) mass is 592 g/mol. The van der Waals surface area contributed by atoms with Crippen LogP contribution in [0.4, 0.5) is 5.13 Å². The lowest BCUT2D eigenvalue weighted by Gasteiger charge is -2.53. The van der Waals surface area contributed by atoms with E-state index in [4.69, 9.17) is 0 Å². The van der Waals surface area contributed by atoms with Crippen molar-refractivity contribution in [3.05, 3.63) is 11.1 Å². The molecular weight excluding hydrogens is 569 g/mol. The molecule has 3 unspecified atom stereocenters. The van der Waals surface area contributed by atoms with Gasteiger partial charge in [0.2, 0.25) is 21.1 Å². The summed E-state index contributed by atoms with van der Waals surface area (Å²) in [5.74, 6) is -2.05. The number of aliphatic carboxylic acids is 1. The molecule has 2 aromatic heterocycles. The van der Waals surface area contributed by atoms with Gasteiger partial charge >= 0.3 is 5.97 Å². The number of aliphatic hydroxyl groups is 1. The summed E-state index contributed by atoms with van der Waals surface area (Å²) < 4.78 is 27.7. The number of nitrogens with zero attached hydrogens (tertiary/aromatic N) is 6. The lowest BCUT2D eigenvalue weighted by Crippen LogP contribution is -2.74. The van der Waals surface area contributed by atoms with Gasteiger partial charge in [0.1, 0.15) is 16.8 Å². The normalized spacial score (nSPS) is 24.4. The molecule has 0 radical (unpaired) electrons. The molecule has 4 N–H and O–H groups in total. The van der Waals surface area contributed by atoms with Crippen LogP contribution in [-0.4, -0.2) is 101 Å². The van der Waals surface area contributed by atoms with Crippen LogP contribution in [0, 0.1) is 5.41 Å². The third-order valence-corrected chi connectivity index (χ3v) is 11.4. The van der Waals surface area contributed by atoms with Crippen LogP contribution in [-0.2, 0) is 31.5 Å². The minimum absolute atomic E-state index is 0.00395. The predicted molar refractivity (Wildman–Crippen MR) is 134 cm³/mol. The van der Waals surface area contributed by atoms with E-state index in [1.807, 2.05) is 0 Å². The number of carboxylic acid groups (broad SMARTS) is 1. The van der Waals surface area contributed by atoms with Crippen molar-refractivity contribution in [1.29, 1.82) is 0 Å². The van der Waals surface area contributed by atoms with E-state index < -0.39 is 56.0 Å². The van der Waals surface area contributed by atoms with Crippen LogP contribution in [0.15, 0.2) is 10.5 Å². The van der Waals surface area contributed by atoms with Crippen molar-refractivity contribution in [2.45, 2.75) is 41.8 Å². The molecular formula is C18H24N8O7S4. The number of carbonyl (C=O) groups is 3. The zero-order valence-corrected chi connectivity index (χ0v) is 23.0. The average Bonchev–Trinajstić information content (AvgIpc) is 3.48. The van der Waals surface area contributed by atoms with E-state index >= 15 is 0 Å². The smallest absolute Gasteiger partial charge is 0.313 e. The van der Waals surface area contributed by atoms with Crippen molar-refractivity contribution in [3.8, 4) is 0 Å². The molecule has 4 atom stereocenters. The van der Waals surface area contributed by atoms with Crippen LogP contribution in [0.2, 0.25) is 0 Å². The number of tetrazole rings is 1. The third-order valence-electron chi connectivity index (χ3n) is 5.86. The highest BCUT2D eigenvalue weighted by molar-refractivity contribution is 8.00. The molecule has 19 heteroatoms. The fourth-order valence-electron chi connectivity index (χ4n) is 3.52. The summed E-state index contributed by atoms with van der Waals surface area (Å²) in [7, 11) is -2.01. The number of sulfonamides is 1. The topological polar surface area (TPSA) is 210 Å². The van der Waals surface area contributed by atoms with Gasteiger partial charge in [0.05, 0.1) is 10.9 Å². The number of β-lactam (4-membered cyclic amide) rings is 1. The largest absolute Gasteiger partial charge is 0.481 e. The van der Waals surface area contributed by atoms with Crippen LogP contribution in [0.3, 0.4) is 0 Å². The van der Waals surface area contributed by atoms with Gasteiger partial charge in [0.15, 0.2) is 11.2 Å². The van der Waals surface area contributed by atoms with E-state index in [-0.39, 0.29) is 28.9 Å². The summed E-state index contributed by atoms with van der Waals surface area (Å²) in [6, 6.07) is -0.938. The van der Waals surface area contributed by atoms with Crippen LogP contribution in [0.25, 0.3) is 0 Å². The zero-order chi connectivity index (χ0) is 27.1. The Balaban J connectivity index is 1.36. The highest BCUT2D eigenvalue weighted by atomic mass is 32.2. The lowest BCUT2D eigenvalue weighted by atomic mass is 9.89. The van der Waals surface area contributed by atoms with Gasteiger partial charge < -0.3 is 20.4 Å². The maximum atomic E-state index is 12.8. The minimum atomic E-state index is -3.64. The summed E-state index contributed by atoms with van der Waals surface area (Å²) in [6.45, 7) is 2.95. The van der Waals surface area contributed by atoms with Crippen molar-refractivity contribution in [1.82, 2.24) is 35.4 Å². The Labute approximate surface area is 223 Å². The number of hydrogen-bond donors (Lipinski definition) is 4. The van der Waals surface area contributed by atoms with E-state index in [9.17, 15) is 33.0 Å². The Kier molecular flexibility index (Phi) is 7.71. The van der Waals surface area contributed by atoms with Crippen molar-refractivity contribution < 1.29 is 33.0 Å². The first-order valence-electron chi connectivity index (χ1n) is 10.8. The van der Waals surface area contributed by atoms with Gasteiger partial charge in [-0.2, -0.15) is 0 Å². The summed E-state index contributed by atoms with van der Waals surface area (Å²) in [5.41, 5.74) is -1.30. The Morgan fingerprint density at radius 1 is 1.38 bits per heavy atom. The maximum absolute atomic E-state index is 12.8. The van der Waals surface area contributed by atoms with Gasteiger partial charge in [-0.1, -0.05) is 11.8 Å². The Morgan fingerprint density at radius 2 is 2.11 bits per heavy atom. The second kappa shape index (κ2) is 10.4. The zero-order valence-electron chi connectivity index (χ0n) is 19.8. The SMILES string of the molecule is CC(C)S(=O)(=O)Nc1nc(C(O)C(=O)NC2C(=O)N3CC(CSc4nnnn4C)(C(=O)O)CS[C@H]23)cs1. The molecule has 15 nitrogen and oxygen atoms in total. The van der Waals surface area contributed by atoms with Crippen LogP contribution in [0.5, 0.6) is 0 Å². The average molecular weight is 593 g/mol. The van der Waals surface area contributed by atoms with Crippen LogP contribution >= 0.6 is 34.9 Å². The van der Waals surface area contributed by atoms with Gasteiger partial charge in [0, 0.05) is 30.5 Å². The standard InChI is InChI=1S/C18H24N8O7S4/c1-8(2)37(32,33)22-16-19-9(4-34-16)11(27)12(28)20-10-13(29)26-5-18(15(30)31,6-35-14(10)26)7-36-17-21-23-24-25(17)3/h4,8,10-11,14,27H,5-7H2,1-3H3,(H,19,22)(H,20,28)(H,30,31)/t10?,11?,14-,18?/m1/s1. The van der Waals surface area contributed by atoms with Crippen molar-refractivity contribution in [3.63, 3.8) is 0 Å². The number of amides is 2. The first-order valence-corrected chi connectivity index (χ1v) is 15.3. The second-order valence-corrected chi connectivity index (χ2v) is 13.9. The molecule has 0 aromatic carbocycles. The van der Waals surface area contributed by atoms with E-state index in [1.54, 1.807) is 7.05 Å². The number of anilines is 1. The van der Waals surface area contributed by atoms with E-state index in [0.29, 0.717) is 5.16 Å². The molecule has 37 heavy (non-hydrogen) atoms. The molecule has 2 saturated heterocycles. The van der Waals surface area contributed by atoms with Gasteiger partial charge in [0.25, 0.3) is 5.91 Å². The predicted octanol–water partition coefficient (Wildman–Crippen LogP) is -0.887. The number of rotatable bonds is 10. The molecule has 2 aliphatic rings. The van der Waals surface area contributed by atoms with Crippen molar-refractivity contribution in [2.75, 3.05) is 22.8 Å². The molecule has 0 saturated carbocycles. The maximum Gasteiger partial charge on any atom is 0.313 e. The fourth-order valence-corrected chi connectivity index (χ4v) is 7.87. The number of thioether (sulfide) groups is 2. The number of hydrogen-bond acceptors (Lipinski definition) is 13. The molecule has 2 aromatic rings. The molecule has 0 aliphatic carbocycles. The molecule has 202 valence electrons. The molecule has 4 rings (SSSR count). The van der Waals surface area contributed by atoms with Crippen LogP contribution < -0.4 is 10.0 Å². The molecule has 2 aliphatic heterocycles. The first kappa shape index (κ1) is 27.6. The fraction of sp³-hybridized carbons (Fsp3) is 0.611. The molecule has 0 bridgehead atoms. The van der Waals surface area contributed by atoms with Crippen molar-refractivity contribution in [2.24, 2.45) is 12.5 Å². The summed E-state index contributed by atoms with van der Waals surface area (Å²) in [5, 5.41) is 34.6. The molecule has 4 heterocycles. The van der Waals surface area contributed by atoms with E-state index in [2.05, 4.69) is 30.5 Å². The number of thiazole rings is 1. The third kappa shape index (κ3) is 5.40. The molecule has 0 spiro atoms. The number of aryl methyl sites for hydroxylation is 1. The number of aromatic nitrogens is 5. The first-order chi connectivity index (χ1) is 17.3. The summed E-state index contributed by atoms with van der Waals surface area (Å²) in [4.78, 5) is 43.0. The number of fused-ring (bicyclic) bond motifs is 1. The molecule has 2 fully saturated rings. The Morgan fingerprint density at radius 3 is 2.73 bits per heavy atom. The van der Waals surface area contributed by atoms with Gasteiger partial charge in [-0.25, -0.2) is 18.1 Å². The van der Waals surface area contributed by atoms with E-state index in [1.165, 1.54) is 52.3 Å². The minimum Gasteiger partial charge on any atom is -0.481 e. The van der Waals surface area contributed by atoms with Gasteiger partial charge in [-0.05, 0) is 24.3 Å². The number of carboxylic acids is 1. The van der Waals surface area contributed by atoms with Gasteiger partial charge in [-0.15, -0.1) is 28.2 Å². The highest BCUT2D eigenvalue weighted by Gasteiger charge is 2.57. The highest BCUT2D eigenvalue weighted by Crippen LogP contribution is 2.44. The number of nitrogens with one attached hydrogen (secondary N) is 2. The Hall–Kier alpha value is -2.48. The second-order valence-electron chi connectivity index (χ2n) is 8.79. The number of aliphatic hydroxyl groups excluding tert-OH is 1. The number of carbonyl (C=O) groups excluding carboxylic acids is 2. The lowest BCUT2D eigenvalue weighted by molar-refractivity contribution is -0.158.